The zero-order valence-corrected chi connectivity index (χ0v) is 10.6. The van der Waals surface area contributed by atoms with E-state index in [9.17, 15) is 13.2 Å². The van der Waals surface area contributed by atoms with Gasteiger partial charge < -0.3 is 5.32 Å². The average Bonchev–Trinajstić information content (AvgIpc) is 2.23. The molecule has 0 amide bonds. The first-order chi connectivity index (χ1) is 7.53. The second kappa shape index (κ2) is 6.97. The Labute approximate surface area is 103 Å². The van der Waals surface area contributed by atoms with Crippen LogP contribution in [0.2, 0.25) is 0 Å². The van der Waals surface area contributed by atoms with E-state index in [0.29, 0.717) is 24.4 Å². The summed E-state index contributed by atoms with van der Waals surface area (Å²) >= 11 is 5.87. The smallest absolute Gasteiger partial charge is 0.313 e. The van der Waals surface area contributed by atoms with Crippen molar-refractivity contribution >= 4 is 23.4 Å². The topological polar surface area (TPSA) is 12.0 Å². The molecule has 1 nitrogen and oxygen atoms in total. The van der Waals surface area contributed by atoms with E-state index in [1.165, 1.54) is 6.42 Å². The highest BCUT2D eigenvalue weighted by Gasteiger charge is 2.28. The number of nitrogens with one attached hydrogen (secondary N) is 1. The molecule has 0 aromatic carbocycles. The molecule has 0 aromatic heterocycles. The molecule has 0 aromatic rings. The van der Waals surface area contributed by atoms with Crippen LogP contribution < -0.4 is 5.32 Å². The van der Waals surface area contributed by atoms with E-state index in [2.05, 4.69) is 5.32 Å². The van der Waals surface area contributed by atoms with Gasteiger partial charge in [-0.15, -0.1) is 11.6 Å². The van der Waals surface area contributed by atoms with E-state index >= 15 is 0 Å². The number of alkyl halides is 4. The first-order valence-corrected chi connectivity index (χ1v) is 7.05. The van der Waals surface area contributed by atoms with Crippen molar-refractivity contribution in [2.75, 3.05) is 18.2 Å². The maximum absolute atomic E-state index is 11.9. The van der Waals surface area contributed by atoms with Gasteiger partial charge in [0.2, 0.25) is 0 Å². The first-order valence-electron chi connectivity index (χ1n) is 5.53. The molecule has 1 N–H and O–H groups in total. The van der Waals surface area contributed by atoms with E-state index < -0.39 is 5.51 Å². The maximum atomic E-state index is 11.9. The third-order valence-electron chi connectivity index (χ3n) is 2.88. The van der Waals surface area contributed by atoms with Crippen molar-refractivity contribution in [2.45, 2.75) is 37.2 Å². The molecular formula is C10H17ClF3NS. The Morgan fingerprint density at radius 3 is 2.56 bits per heavy atom. The summed E-state index contributed by atoms with van der Waals surface area (Å²) in [5.41, 5.74) is -4.11. The van der Waals surface area contributed by atoms with Crippen LogP contribution in [0.3, 0.4) is 0 Å². The van der Waals surface area contributed by atoms with Gasteiger partial charge in [-0.2, -0.15) is 13.2 Å². The van der Waals surface area contributed by atoms with E-state index in [-0.39, 0.29) is 17.5 Å². The molecule has 16 heavy (non-hydrogen) atoms. The van der Waals surface area contributed by atoms with Crippen molar-refractivity contribution in [3.05, 3.63) is 0 Å². The molecule has 1 aliphatic carbocycles. The van der Waals surface area contributed by atoms with Gasteiger partial charge in [0.15, 0.2) is 0 Å². The largest absolute Gasteiger partial charge is 0.441 e. The monoisotopic (exact) mass is 275 g/mol. The molecule has 2 atom stereocenters. The van der Waals surface area contributed by atoms with E-state index in [0.717, 1.165) is 19.3 Å². The van der Waals surface area contributed by atoms with Gasteiger partial charge in [0.1, 0.15) is 0 Å². The molecule has 1 rings (SSSR count). The third-order valence-corrected chi connectivity index (χ3v) is 4.01. The first kappa shape index (κ1) is 14.5. The number of halogens is 4. The maximum Gasteiger partial charge on any atom is 0.441 e. The average molecular weight is 276 g/mol. The lowest BCUT2D eigenvalue weighted by Crippen LogP contribution is -2.40. The fraction of sp³-hybridized carbons (Fsp3) is 1.00. The van der Waals surface area contributed by atoms with Crippen LogP contribution in [0.1, 0.15) is 25.7 Å². The molecule has 6 heteroatoms. The Balaban J connectivity index is 2.15. The summed E-state index contributed by atoms with van der Waals surface area (Å²) in [5.74, 6) is 1.10. The molecule has 0 bridgehead atoms. The van der Waals surface area contributed by atoms with Gasteiger partial charge in [-0.25, -0.2) is 0 Å². The quantitative estimate of drug-likeness (QED) is 0.607. The van der Waals surface area contributed by atoms with Gasteiger partial charge in [0, 0.05) is 24.2 Å². The van der Waals surface area contributed by atoms with Gasteiger partial charge in [0.05, 0.1) is 0 Å². The fourth-order valence-corrected chi connectivity index (χ4v) is 2.89. The fourth-order valence-electron chi connectivity index (χ4n) is 2.07. The molecule has 96 valence electrons. The molecule has 1 fully saturated rings. The van der Waals surface area contributed by atoms with Crippen molar-refractivity contribution in [1.29, 1.82) is 0 Å². The number of hydrogen-bond donors (Lipinski definition) is 1. The van der Waals surface area contributed by atoms with Gasteiger partial charge in [-0.3, -0.25) is 0 Å². The van der Waals surface area contributed by atoms with Crippen LogP contribution in [0, 0.1) is 5.92 Å². The summed E-state index contributed by atoms with van der Waals surface area (Å²) in [6, 6.07) is 0.306. The van der Waals surface area contributed by atoms with E-state index in [1.807, 2.05) is 0 Å². The van der Waals surface area contributed by atoms with E-state index in [1.54, 1.807) is 0 Å². The van der Waals surface area contributed by atoms with Crippen LogP contribution in [0.5, 0.6) is 0 Å². The van der Waals surface area contributed by atoms with Crippen molar-refractivity contribution in [3.8, 4) is 0 Å². The Morgan fingerprint density at radius 2 is 1.94 bits per heavy atom. The van der Waals surface area contributed by atoms with Crippen LogP contribution >= 0.6 is 23.4 Å². The lowest BCUT2D eigenvalue weighted by molar-refractivity contribution is -0.0327. The van der Waals surface area contributed by atoms with Crippen molar-refractivity contribution in [3.63, 3.8) is 0 Å². The van der Waals surface area contributed by atoms with Gasteiger partial charge in [-0.1, -0.05) is 12.8 Å². The van der Waals surface area contributed by atoms with Crippen molar-refractivity contribution < 1.29 is 13.2 Å². The molecule has 1 aliphatic rings. The second-order valence-electron chi connectivity index (χ2n) is 4.05. The summed E-state index contributed by atoms with van der Waals surface area (Å²) in [6.45, 7) is 0.405. The van der Waals surface area contributed by atoms with Crippen LogP contribution in [-0.2, 0) is 0 Å². The number of thioether (sulfide) groups is 1. The minimum Gasteiger partial charge on any atom is -0.313 e. The molecule has 2 unspecified atom stereocenters. The Bertz CT molecular complexity index is 201. The lowest BCUT2D eigenvalue weighted by atomic mass is 9.86. The third kappa shape index (κ3) is 5.64. The van der Waals surface area contributed by atoms with Crippen molar-refractivity contribution in [1.82, 2.24) is 5.32 Å². The zero-order chi connectivity index (χ0) is 12.0. The van der Waals surface area contributed by atoms with Crippen molar-refractivity contribution in [2.24, 2.45) is 5.92 Å². The molecular weight excluding hydrogens is 259 g/mol. The van der Waals surface area contributed by atoms with Crippen LogP contribution in [-0.4, -0.2) is 29.7 Å². The molecule has 0 aliphatic heterocycles. The minimum atomic E-state index is -4.11. The summed E-state index contributed by atoms with van der Waals surface area (Å²) in [7, 11) is 0. The summed E-state index contributed by atoms with van der Waals surface area (Å²) in [4.78, 5) is 0. The Morgan fingerprint density at radius 1 is 1.25 bits per heavy atom. The lowest BCUT2D eigenvalue weighted by Gasteiger charge is -2.31. The van der Waals surface area contributed by atoms with E-state index in [4.69, 9.17) is 11.6 Å². The van der Waals surface area contributed by atoms with Gasteiger partial charge in [-0.05, 0) is 30.5 Å². The molecule has 0 heterocycles. The van der Waals surface area contributed by atoms with Crippen LogP contribution in [0.15, 0.2) is 0 Å². The predicted octanol–water partition coefficient (Wildman–Crippen LogP) is 3.63. The van der Waals surface area contributed by atoms with Gasteiger partial charge >= 0.3 is 5.51 Å². The number of hydrogen-bond acceptors (Lipinski definition) is 2. The zero-order valence-electron chi connectivity index (χ0n) is 9.02. The predicted molar refractivity (Wildman–Crippen MR) is 63.0 cm³/mol. The summed E-state index contributed by atoms with van der Waals surface area (Å²) in [5, 5.41) is 3.19. The van der Waals surface area contributed by atoms with Crippen LogP contribution in [0.25, 0.3) is 0 Å². The highest BCUT2D eigenvalue weighted by atomic mass is 35.5. The molecule has 0 spiro atoms. The molecule has 0 saturated heterocycles. The second-order valence-corrected chi connectivity index (χ2v) is 5.52. The number of rotatable bonds is 5. The van der Waals surface area contributed by atoms with Crippen LogP contribution in [0.4, 0.5) is 13.2 Å². The molecule has 1 saturated carbocycles. The normalized spacial score (nSPS) is 27.0. The standard InChI is InChI=1S/C10H17ClF3NS/c11-7-8-3-1-2-4-9(8)15-5-6-16-10(12,13)14/h8-9,15H,1-7H2. The Hall–Kier alpha value is 0.390. The minimum absolute atomic E-state index is 0.0355. The summed E-state index contributed by atoms with van der Waals surface area (Å²) in [6.07, 6.45) is 4.46. The Kier molecular flexibility index (Phi) is 6.29. The van der Waals surface area contributed by atoms with Gasteiger partial charge in [0.25, 0.3) is 0 Å². The highest BCUT2D eigenvalue weighted by Crippen LogP contribution is 2.30. The SMILES string of the molecule is FC(F)(F)SCCNC1CCCCC1CCl. The highest BCUT2D eigenvalue weighted by molar-refractivity contribution is 8.00. The summed E-state index contributed by atoms with van der Waals surface area (Å²) < 4.78 is 35.6. The molecule has 0 radical (unpaired) electrons.